The Morgan fingerprint density at radius 1 is 1.19 bits per heavy atom. The zero-order valence-electron chi connectivity index (χ0n) is 12.2. The lowest BCUT2D eigenvalue weighted by atomic mass is 10.0. The van der Waals surface area contributed by atoms with Gasteiger partial charge in [0.05, 0.1) is 12.6 Å². The number of benzene rings is 2. The van der Waals surface area contributed by atoms with E-state index in [2.05, 4.69) is 70.6 Å². The van der Waals surface area contributed by atoms with Gasteiger partial charge in [0.2, 0.25) is 0 Å². The topological polar surface area (TPSA) is 21.3 Å². The summed E-state index contributed by atoms with van der Waals surface area (Å²) in [5.41, 5.74) is 3.79. The predicted octanol–water partition coefficient (Wildman–Crippen LogP) is 5.34. The summed E-state index contributed by atoms with van der Waals surface area (Å²) in [6.45, 7) is 2.97. The molecule has 0 bridgehead atoms. The van der Waals surface area contributed by atoms with Crippen molar-refractivity contribution < 1.29 is 4.74 Å². The summed E-state index contributed by atoms with van der Waals surface area (Å²) in [5, 5.41) is 3.65. The second-order valence-corrected chi connectivity index (χ2v) is 6.34. The molecule has 1 heterocycles. The van der Waals surface area contributed by atoms with Crippen LogP contribution in [-0.4, -0.2) is 6.61 Å². The number of fused-ring (bicyclic) bond motifs is 1. The summed E-state index contributed by atoms with van der Waals surface area (Å²) >= 11 is 3.52. The zero-order valence-corrected chi connectivity index (χ0v) is 13.8. The normalized spacial score (nSPS) is 17.5. The number of halogens is 1. The molecule has 2 aromatic carbocycles. The van der Waals surface area contributed by atoms with Gasteiger partial charge in [0, 0.05) is 15.7 Å². The Morgan fingerprint density at radius 3 is 2.76 bits per heavy atom. The summed E-state index contributed by atoms with van der Waals surface area (Å²) in [4.78, 5) is 0. The first-order valence-electron chi connectivity index (χ1n) is 7.54. The molecule has 1 aliphatic rings. The number of ether oxygens (including phenoxy) is 1. The molecule has 3 rings (SSSR count). The van der Waals surface area contributed by atoms with Crippen LogP contribution in [0.3, 0.4) is 0 Å². The quantitative estimate of drug-likeness (QED) is 0.810. The minimum atomic E-state index is 0.308. The van der Waals surface area contributed by atoms with E-state index in [0.717, 1.165) is 36.1 Å². The van der Waals surface area contributed by atoms with Gasteiger partial charge in [0.1, 0.15) is 5.75 Å². The van der Waals surface area contributed by atoms with Crippen LogP contribution in [0.1, 0.15) is 36.9 Å². The summed E-state index contributed by atoms with van der Waals surface area (Å²) in [6, 6.07) is 15.3. The molecule has 21 heavy (non-hydrogen) atoms. The van der Waals surface area contributed by atoms with Crippen LogP contribution in [0, 0.1) is 0 Å². The van der Waals surface area contributed by atoms with Gasteiger partial charge in [-0.3, -0.25) is 0 Å². The lowest BCUT2D eigenvalue weighted by Gasteiger charge is -2.20. The van der Waals surface area contributed by atoms with Crippen LogP contribution in [0.2, 0.25) is 0 Å². The van der Waals surface area contributed by atoms with Crippen LogP contribution in [-0.2, 0) is 6.42 Å². The van der Waals surface area contributed by atoms with Crippen LogP contribution < -0.4 is 10.1 Å². The Kier molecular flexibility index (Phi) is 4.49. The molecule has 0 fully saturated rings. The second-order valence-electron chi connectivity index (χ2n) is 5.42. The molecule has 0 saturated heterocycles. The van der Waals surface area contributed by atoms with E-state index in [4.69, 9.17) is 4.74 Å². The van der Waals surface area contributed by atoms with E-state index in [0.29, 0.717) is 6.04 Å². The summed E-state index contributed by atoms with van der Waals surface area (Å²) in [6.07, 6.45) is 3.23. The smallest absolute Gasteiger partial charge is 0.125 e. The molecule has 0 aromatic heterocycles. The van der Waals surface area contributed by atoms with E-state index < -0.39 is 0 Å². The van der Waals surface area contributed by atoms with E-state index in [1.807, 2.05) is 0 Å². The van der Waals surface area contributed by atoms with Crippen molar-refractivity contribution in [3.05, 3.63) is 58.1 Å². The Hall–Kier alpha value is -1.48. The molecule has 0 saturated carbocycles. The molecule has 2 nitrogen and oxygen atoms in total. The summed E-state index contributed by atoms with van der Waals surface area (Å²) in [5.74, 6) is 0.990. The van der Waals surface area contributed by atoms with Crippen molar-refractivity contribution in [3.8, 4) is 5.75 Å². The van der Waals surface area contributed by atoms with Crippen LogP contribution in [0.15, 0.2) is 46.9 Å². The highest BCUT2D eigenvalue weighted by atomic mass is 79.9. The SMILES string of the molecule is CCc1ccc(NC2CCCOc3cc(Br)ccc32)cc1. The van der Waals surface area contributed by atoms with Crippen molar-refractivity contribution in [1.82, 2.24) is 0 Å². The van der Waals surface area contributed by atoms with E-state index in [1.165, 1.54) is 16.8 Å². The molecule has 0 amide bonds. The average molecular weight is 346 g/mol. The third-order valence-corrected chi connectivity index (χ3v) is 4.44. The van der Waals surface area contributed by atoms with E-state index in [1.54, 1.807) is 0 Å². The Balaban J connectivity index is 1.84. The number of nitrogens with one attached hydrogen (secondary N) is 1. The second kappa shape index (κ2) is 6.52. The van der Waals surface area contributed by atoms with Crippen molar-refractivity contribution >= 4 is 21.6 Å². The van der Waals surface area contributed by atoms with Crippen molar-refractivity contribution in [2.24, 2.45) is 0 Å². The lowest BCUT2D eigenvalue weighted by Crippen LogP contribution is -2.10. The number of hydrogen-bond donors (Lipinski definition) is 1. The minimum absolute atomic E-state index is 0.308. The first-order chi connectivity index (χ1) is 10.3. The van der Waals surface area contributed by atoms with Gasteiger partial charge >= 0.3 is 0 Å². The number of hydrogen-bond acceptors (Lipinski definition) is 2. The number of anilines is 1. The molecule has 1 unspecified atom stereocenters. The van der Waals surface area contributed by atoms with Gasteiger partial charge in [-0.05, 0) is 49.1 Å². The van der Waals surface area contributed by atoms with E-state index in [9.17, 15) is 0 Å². The van der Waals surface area contributed by atoms with Crippen molar-refractivity contribution in [3.63, 3.8) is 0 Å². The largest absolute Gasteiger partial charge is 0.493 e. The van der Waals surface area contributed by atoms with Crippen LogP contribution in [0.5, 0.6) is 5.75 Å². The van der Waals surface area contributed by atoms with Crippen molar-refractivity contribution in [2.75, 3.05) is 11.9 Å². The van der Waals surface area contributed by atoms with Crippen LogP contribution in [0.4, 0.5) is 5.69 Å². The maximum absolute atomic E-state index is 5.86. The third-order valence-electron chi connectivity index (χ3n) is 3.95. The summed E-state index contributed by atoms with van der Waals surface area (Å²) in [7, 11) is 0. The maximum Gasteiger partial charge on any atom is 0.125 e. The highest BCUT2D eigenvalue weighted by Crippen LogP contribution is 2.35. The van der Waals surface area contributed by atoms with Crippen molar-refractivity contribution in [1.29, 1.82) is 0 Å². The van der Waals surface area contributed by atoms with Crippen LogP contribution in [0.25, 0.3) is 0 Å². The predicted molar refractivity (Wildman–Crippen MR) is 91.1 cm³/mol. The molecule has 1 N–H and O–H groups in total. The van der Waals surface area contributed by atoms with E-state index in [-0.39, 0.29) is 0 Å². The molecule has 1 aliphatic heterocycles. The molecular formula is C18H20BrNO. The summed E-state index contributed by atoms with van der Waals surface area (Å²) < 4.78 is 6.93. The van der Waals surface area contributed by atoms with Gasteiger partial charge in [-0.25, -0.2) is 0 Å². The van der Waals surface area contributed by atoms with Gasteiger partial charge in [-0.15, -0.1) is 0 Å². The standard InChI is InChI=1S/C18H20BrNO/c1-2-13-5-8-15(9-6-13)20-17-4-3-11-21-18-12-14(19)7-10-16(17)18/h5-10,12,17,20H,2-4,11H2,1H3. The molecule has 0 radical (unpaired) electrons. The monoisotopic (exact) mass is 345 g/mol. The van der Waals surface area contributed by atoms with Crippen molar-refractivity contribution in [2.45, 2.75) is 32.2 Å². The molecule has 3 heteroatoms. The van der Waals surface area contributed by atoms with Gasteiger partial charge in [0.15, 0.2) is 0 Å². The molecule has 0 aliphatic carbocycles. The number of rotatable bonds is 3. The van der Waals surface area contributed by atoms with Gasteiger partial charge in [-0.1, -0.05) is 41.1 Å². The molecule has 2 aromatic rings. The van der Waals surface area contributed by atoms with Crippen LogP contribution >= 0.6 is 15.9 Å². The van der Waals surface area contributed by atoms with E-state index >= 15 is 0 Å². The van der Waals surface area contributed by atoms with Gasteiger partial charge in [0.25, 0.3) is 0 Å². The first-order valence-corrected chi connectivity index (χ1v) is 8.33. The van der Waals surface area contributed by atoms with Gasteiger partial charge in [-0.2, -0.15) is 0 Å². The Bertz CT molecular complexity index is 609. The third kappa shape index (κ3) is 3.41. The lowest BCUT2D eigenvalue weighted by molar-refractivity contribution is 0.316. The van der Waals surface area contributed by atoms with Gasteiger partial charge < -0.3 is 10.1 Å². The molecular weight excluding hydrogens is 326 g/mol. The zero-order chi connectivity index (χ0) is 14.7. The Labute approximate surface area is 134 Å². The number of aryl methyl sites for hydroxylation is 1. The average Bonchev–Trinajstić information content (AvgIpc) is 2.70. The highest BCUT2D eigenvalue weighted by Gasteiger charge is 2.19. The maximum atomic E-state index is 5.86. The fourth-order valence-electron chi connectivity index (χ4n) is 2.73. The molecule has 110 valence electrons. The fourth-order valence-corrected chi connectivity index (χ4v) is 3.07. The molecule has 0 spiro atoms. The first kappa shape index (κ1) is 14.5. The molecule has 1 atom stereocenters. The fraction of sp³-hybridized carbons (Fsp3) is 0.333. The Morgan fingerprint density at radius 2 is 2.00 bits per heavy atom. The highest BCUT2D eigenvalue weighted by molar-refractivity contribution is 9.10. The minimum Gasteiger partial charge on any atom is -0.493 e.